The van der Waals surface area contributed by atoms with Gasteiger partial charge >= 0.3 is 0 Å². The third kappa shape index (κ3) is 3.74. The number of hydrogen-bond donors (Lipinski definition) is 0. The Morgan fingerprint density at radius 1 is 1.60 bits per heavy atom. The Morgan fingerprint density at radius 3 is 2.93 bits per heavy atom. The quantitative estimate of drug-likeness (QED) is 0.706. The van der Waals surface area contributed by atoms with E-state index in [0.29, 0.717) is 13.2 Å². The van der Waals surface area contributed by atoms with Crippen LogP contribution in [0.4, 0.5) is 0 Å². The highest BCUT2D eigenvalue weighted by molar-refractivity contribution is 9.10. The minimum atomic E-state index is -0.0308. The molecule has 1 saturated heterocycles. The normalized spacial score (nSPS) is 24.3. The van der Waals surface area contributed by atoms with Gasteiger partial charge in [0.1, 0.15) is 0 Å². The van der Waals surface area contributed by atoms with Crippen LogP contribution < -0.4 is 0 Å². The van der Waals surface area contributed by atoms with Gasteiger partial charge in [-0.2, -0.15) is 0 Å². The van der Waals surface area contributed by atoms with E-state index in [9.17, 15) is 4.79 Å². The largest absolute Gasteiger partial charge is 0.382 e. The first-order chi connectivity index (χ1) is 7.19. The minimum Gasteiger partial charge on any atom is -0.382 e. The van der Waals surface area contributed by atoms with Crippen molar-refractivity contribution >= 4 is 21.8 Å². The average Bonchev–Trinajstić information content (AvgIpc) is 2.24. The van der Waals surface area contributed by atoms with Crippen LogP contribution >= 0.6 is 15.9 Å². The molecule has 1 aliphatic heterocycles. The van der Waals surface area contributed by atoms with Gasteiger partial charge in [0.2, 0.25) is 5.91 Å². The van der Waals surface area contributed by atoms with E-state index in [1.807, 2.05) is 4.90 Å². The van der Waals surface area contributed by atoms with Gasteiger partial charge in [-0.25, -0.2) is 0 Å². The van der Waals surface area contributed by atoms with Crippen molar-refractivity contribution in [2.45, 2.75) is 23.8 Å². The van der Waals surface area contributed by atoms with Crippen LogP contribution in [0.25, 0.3) is 0 Å². The van der Waals surface area contributed by atoms with Gasteiger partial charge in [0.15, 0.2) is 0 Å². The van der Waals surface area contributed by atoms with Crippen molar-refractivity contribution in [1.82, 2.24) is 4.90 Å². The molecule has 1 heterocycles. The monoisotopic (exact) mass is 279 g/mol. The average molecular weight is 280 g/mol. The number of nitrogens with zero attached hydrogens (tertiary/aromatic N) is 1. The van der Waals surface area contributed by atoms with Crippen LogP contribution in [0.1, 0.15) is 12.8 Å². The number of ether oxygens (including phenoxy) is 2. The third-order valence-corrected chi connectivity index (χ3v) is 3.42. The summed E-state index contributed by atoms with van der Waals surface area (Å²) < 4.78 is 10.3. The lowest BCUT2D eigenvalue weighted by molar-refractivity contribution is -0.134. The molecule has 1 fully saturated rings. The van der Waals surface area contributed by atoms with E-state index >= 15 is 0 Å². The molecule has 0 aromatic heterocycles. The van der Waals surface area contributed by atoms with Crippen LogP contribution in [-0.2, 0) is 14.3 Å². The second-order valence-electron chi connectivity index (χ2n) is 3.71. The molecule has 0 aromatic carbocycles. The van der Waals surface area contributed by atoms with Crippen LogP contribution in [0, 0.1) is 0 Å². The summed E-state index contributed by atoms with van der Waals surface area (Å²) in [5.41, 5.74) is 0. The van der Waals surface area contributed by atoms with Gasteiger partial charge in [0.05, 0.1) is 17.5 Å². The van der Waals surface area contributed by atoms with E-state index in [2.05, 4.69) is 15.9 Å². The number of methoxy groups -OCH3 is 2. The van der Waals surface area contributed by atoms with E-state index in [-0.39, 0.29) is 16.8 Å². The highest BCUT2D eigenvalue weighted by Gasteiger charge is 2.28. The van der Waals surface area contributed by atoms with Crippen LogP contribution in [0.2, 0.25) is 0 Å². The standard InChI is InChI=1S/C10H18BrNO3/c1-14-7-8(15-2)6-12-5-3-4-9(11)10(12)13/h8-9H,3-7H2,1-2H3. The van der Waals surface area contributed by atoms with Crippen molar-refractivity contribution in [1.29, 1.82) is 0 Å². The van der Waals surface area contributed by atoms with E-state index in [1.165, 1.54) is 0 Å². The van der Waals surface area contributed by atoms with Gasteiger partial charge in [-0.3, -0.25) is 4.79 Å². The molecule has 0 bridgehead atoms. The van der Waals surface area contributed by atoms with Crippen LogP contribution in [-0.4, -0.2) is 55.7 Å². The van der Waals surface area contributed by atoms with Gasteiger partial charge in [-0.15, -0.1) is 0 Å². The van der Waals surface area contributed by atoms with Crippen molar-refractivity contribution in [3.8, 4) is 0 Å². The molecule has 5 heteroatoms. The molecule has 88 valence electrons. The van der Waals surface area contributed by atoms with E-state index in [0.717, 1.165) is 19.4 Å². The number of halogens is 1. The summed E-state index contributed by atoms with van der Waals surface area (Å²) in [5, 5.41) is 0. The lowest BCUT2D eigenvalue weighted by Gasteiger charge is -2.32. The molecule has 0 spiro atoms. The maximum absolute atomic E-state index is 11.8. The summed E-state index contributed by atoms with van der Waals surface area (Å²) in [5.74, 6) is 0.166. The molecule has 0 aliphatic carbocycles. The van der Waals surface area contributed by atoms with E-state index < -0.39 is 0 Å². The molecule has 1 rings (SSSR count). The smallest absolute Gasteiger partial charge is 0.236 e. The molecule has 0 aromatic rings. The maximum atomic E-state index is 11.8. The van der Waals surface area contributed by atoms with Gasteiger partial charge < -0.3 is 14.4 Å². The Morgan fingerprint density at radius 2 is 2.33 bits per heavy atom. The Bertz CT molecular complexity index is 213. The fraction of sp³-hybridized carbons (Fsp3) is 0.900. The number of carbonyl (C=O) groups is 1. The second kappa shape index (κ2) is 6.45. The zero-order valence-electron chi connectivity index (χ0n) is 9.24. The molecule has 1 amide bonds. The van der Waals surface area contributed by atoms with Gasteiger partial charge in [0.25, 0.3) is 0 Å². The molecule has 15 heavy (non-hydrogen) atoms. The summed E-state index contributed by atoms with van der Waals surface area (Å²) in [6.07, 6.45) is 1.94. The summed E-state index contributed by atoms with van der Waals surface area (Å²) in [6, 6.07) is 0. The number of hydrogen-bond acceptors (Lipinski definition) is 3. The number of alkyl halides is 1. The van der Waals surface area contributed by atoms with Crippen molar-refractivity contribution in [2.75, 3.05) is 33.9 Å². The topological polar surface area (TPSA) is 38.8 Å². The van der Waals surface area contributed by atoms with Crippen molar-refractivity contribution in [3.05, 3.63) is 0 Å². The second-order valence-corrected chi connectivity index (χ2v) is 4.81. The van der Waals surface area contributed by atoms with Gasteiger partial charge in [-0.05, 0) is 12.8 Å². The molecule has 0 radical (unpaired) electrons. The van der Waals surface area contributed by atoms with E-state index in [4.69, 9.17) is 9.47 Å². The van der Waals surface area contributed by atoms with Crippen molar-refractivity contribution in [3.63, 3.8) is 0 Å². The Hall–Kier alpha value is -0.130. The van der Waals surface area contributed by atoms with Gasteiger partial charge in [0, 0.05) is 27.3 Å². The summed E-state index contributed by atoms with van der Waals surface area (Å²) in [7, 11) is 3.28. The Kier molecular flexibility index (Phi) is 5.56. The third-order valence-electron chi connectivity index (χ3n) is 2.58. The Labute approximate surface area is 99.0 Å². The number of likely N-dealkylation sites (tertiary alicyclic amines) is 1. The minimum absolute atomic E-state index is 0.0219. The highest BCUT2D eigenvalue weighted by Crippen LogP contribution is 2.18. The highest BCUT2D eigenvalue weighted by atomic mass is 79.9. The van der Waals surface area contributed by atoms with Crippen molar-refractivity contribution in [2.24, 2.45) is 0 Å². The number of amides is 1. The molecular formula is C10H18BrNO3. The van der Waals surface area contributed by atoms with Crippen LogP contribution in [0.15, 0.2) is 0 Å². The molecule has 2 unspecified atom stereocenters. The molecule has 0 N–H and O–H groups in total. The molecule has 2 atom stereocenters. The van der Waals surface area contributed by atoms with E-state index in [1.54, 1.807) is 14.2 Å². The summed E-state index contributed by atoms with van der Waals surface area (Å²) in [4.78, 5) is 13.6. The van der Waals surface area contributed by atoms with Gasteiger partial charge in [-0.1, -0.05) is 15.9 Å². The first kappa shape index (κ1) is 12.9. The molecule has 1 aliphatic rings. The maximum Gasteiger partial charge on any atom is 0.236 e. The predicted molar refractivity (Wildman–Crippen MR) is 61.2 cm³/mol. The predicted octanol–water partition coefficient (Wildman–Crippen LogP) is 1.03. The zero-order chi connectivity index (χ0) is 11.3. The molecular weight excluding hydrogens is 262 g/mol. The summed E-state index contributed by atoms with van der Waals surface area (Å²) >= 11 is 3.38. The fourth-order valence-electron chi connectivity index (χ4n) is 1.70. The molecule has 0 saturated carbocycles. The lowest BCUT2D eigenvalue weighted by atomic mass is 10.1. The van der Waals surface area contributed by atoms with Crippen LogP contribution in [0.5, 0.6) is 0 Å². The lowest BCUT2D eigenvalue weighted by Crippen LogP contribution is -2.46. The summed E-state index contributed by atoms with van der Waals surface area (Å²) in [6.45, 7) is 1.96. The fourth-order valence-corrected chi connectivity index (χ4v) is 2.31. The first-order valence-corrected chi connectivity index (χ1v) is 6.05. The van der Waals surface area contributed by atoms with Crippen molar-refractivity contribution < 1.29 is 14.3 Å². The zero-order valence-corrected chi connectivity index (χ0v) is 10.8. The SMILES string of the molecule is COCC(CN1CCCC(Br)C1=O)OC. The first-order valence-electron chi connectivity index (χ1n) is 5.13. The molecule has 4 nitrogen and oxygen atoms in total. The number of carbonyl (C=O) groups excluding carboxylic acids is 1. The number of piperidine rings is 1. The van der Waals surface area contributed by atoms with Crippen LogP contribution in [0.3, 0.4) is 0 Å². The number of rotatable bonds is 5. The Balaban J connectivity index is 2.44.